The van der Waals surface area contributed by atoms with Crippen molar-refractivity contribution in [3.05, 3.63) is 115 Å². The fourth-order valence-corrected chi connectivity index (χ4v) is 11.3. The van der Waals surface area contributed by atoms with Crippen LogP contribution < -0.4 is 41.0 Å². The molecular weight excluding hydrogens is 925 g/mol. The average Bonchev–Trinajstić information content (AvgIpc) is 3.92. The first kappa shape index (κ1) is 50.0. The number of ether oxygens (including phenoxy) is 1. The first-order chi connectivity index (χ1) is 34.6. The van der Waals surface area contributed by atoms with Crippen LogP contribution in [0.4, 0.5) is 21.9 Å². The van der Waals surface area contributed by atoms with Crippen molar-refractivity contribution in [1.82, 2.24) is 25.9 Å². The molecule has 6 heterocycles. The molecule has 0 saturated carbocycles. The van der Waals surface area contributed by atoms with Gasteiger partial charge in [-0.2, -0.15) is 20.9 Å². The maximum Gasteiger partial charge on any atom is 0.315 e. The number of thioether (sulfide) groups is 1. The van der Waals surface area contributed by atoms with E-state index < -0.39 is 5.60 Å². The number of nitrogens with one attached hydrogen (secondary N) is 6. The number of anilines is 3. The van der Waals surface area contributed by atoms with Gasteiger partial charge in [0.2, 0.25) is 16.9 Å². The molecule has 0 unspecified atom stereocenters. The minimum absolute atomic E-state index is 0.0668. The molecule has 374 valence electrons. The van der Waals surface area contributed by atoms with Crippen LogP contribution in [-0.2, 0) is 23.6 Å². The second-order valence-corrected chi connectivity index (χ2v) is 22.0. The van der Waals surface area contributed by atoms with E-state index in [1.165, 1.54) is 0 Å². The molecule has 16 heteroatoms. The highest BCUT2D eigenvalue weighted by Gasteiger charge is 2.42. The van der Waals surface area contributed by atoms with E-state index in [-0.39, 0.29) is 52.6 Å². The number of unbranched alkanes of at least 4 members (excludes halogenated alkanes) is 1. The summed E-state index contributed by atoms with van der Waals surface area (Å²) in [6.45, 7) is 10.3. The normalized spacial score (nSPS) is 16.7. The van der Waals surface area contributed by atoms with Crippen LogP contribution in [0.3, 0.4) is 0 Å². The lowest BCUT2D eigenvalue weighted by Crippen LogP contribution is -2.36. The molecule has 3 aromatic carbocycles. The van der Waals surface area contributed by atoms with Gasteiger partial charge < -0.3 is 36.6 Å². The Balaban J connectivity index is 0.837. The summed E-state index contributed by atoms with van der Waals surface area (Å²) in [4.78, 5) is 62.2. The summed E-state index contributed by atoms with van der Waals surface area (Å²) < 4.78 is 10.5. The van der Waals surface area contributed by atoms with Crippen LogP contribution in [0.25, 0.3) is 43.6 Å². The lowest BCUT2D eigenvalue weighted by atomic mass is 9.90. The molecule has 2 fully saturated rings. The van der Waals surface area contributed by atoms with E-state index in [1.807, 2.05) is 126 Å². The van der Waals surface area contributed by atoms with Crippen LogP contribution >= 0.6 is 11.8 Å². The van der Waals surface area contributed by atoms with Gasteiger partial charge in [-0.1, -0.05) is 56.7 Å². The van der Waals surface area contributed by atoms with Gasteiger partial charge >= 0.3 is 6.03 Å². The maximum atomic E-state index is 14.2. The van der Waals surface area contributed by atoms with E-state index in [2.05, 4.69) is 59.6 Å². The molecule has 6 N–H and O–H groups in total. The van der Waals surface area contributed by atoms with Crippen molar-refractivity contribution in [3.8, 4) is 0 Å². The predicted octanol–water partition coefficient (Wildman–Crippen LogP) is 8.49. The third kappa shape index (κ3) is 11.9. The fourth-order valence-electron chi connectivity index (χ4n) is 9.79. The number of amides is 5. The number of hydrogen-bond acceptors (Lipinski definition) is 9. The Labute approximate surface area is 424 Å². The Hall–Kier alpha value is -6.91. The van der Waals surface area contributed by atoms with Gasteiger partial charge in [-0.05, 0) is 93.8 Å². The van der Waals surface area contributed by atoms with Crippen molar-refractivity contribution < 1.29 is 33.0 Å². The Kier molecular flexibility index (Phi) is 14.9. The van der Waals surface area contributed by atoms with Crippen molar-refractivity contribution >= 4 is 96.2 Å². The molecule has 15 nitrogen and oxygen atoms in total. The molecule has 2 aliphatic heterocycles. The number of pyridine rings is 4. The summed E-state index contributed by atoms with van der Waals surface area (Å²) in [7, 11) is 3.89. The average molecular weight is 991 g/mol. The van der Waals surface area contributed by atoms with Gasteiger partial charge in [-0.25, -0.2) is 14.8 Å². The molecule has 72 heavy (non-hydrogen) atoms. The Morgan fingerprint density at radius 3 is 2.10 bits per heavy atom. The number of carbonyl (C=O) groups excluding carboxylic acids is 4. The molecule has 3 atom stereocenters. The van der Waals surface area contributed by atoms with Crippen LogP contribution in [0.15, 0.2) is 103 Å². The summed E-state index contributed by atoms with van der Waals surface area (Å²) >= 11 is 1.91. The number of nitrogens with zero attached hydrogens (tertiary/aromatic N) is 4. The second kappa shape index (κ2) is 21.4. The Morgan fingerprint density at radius 1 is 0.736 bits per heavy atom. The van der Waals surface area contributed by atoms with Crippen molar-refractivity contribution in [2.24, 2.45) is 19.5 Å². The number of aryl methyl sites for hydroxylation is 2. The molecule has 0 aliphatic carbocycles. The van der Waals surface area contributed by atoms with Crippen molar-refractivity contribution in [1.29, 1.82) is 0 Å². The number of benzene rings is 3. The van der Waals surface area contributed by atoms with Crippen molar-refractivity contribution in [2.45, 2.75) is 95.6 Å². The summed E-state index contributed by atoms with van der Waals surface area (Å²) in [6, 6.07) is 29.5. The highest BCUT2D eigenvalue weighted by atomic mass is 32.2. The van der Waals surface area contributed by atoms with E-state index in [9.17, 15) is 19.2 Å². The van der Waals surface area contributed by atoms with Crippen LogP contribution in [0.2, 0.25) is 0 Å². The number of carbonyl (C=O) groups is 4. The van der Waals surface area contributed by atoms with E-state index >= 15 is 0 Å². The Bertz CT molecular complexity index is 3200. The number of hydrogen-bond donors (Lipinski definition) is 6. The van der Waals surface area contributed by atoms with Gasteiger partial charge in [0.15, 0.2) is 12.4 Å². The van der Waals surface area contributed by atoms with E-state index in [4.69, 9.17) is 14.7 Å². The summed E-state index contributed by atoms with van der Waals surface area (Å²) in [6.07, 6.45) is 9.38. The van der Waals surface area contributed by atoms with E-state index in [0.717, 1.165) is 82.5 Å². The van der Waals surface area contributed by atoms with E-state index in [0.29, 0.717) is 53.8 Å². The molecule has 0 spiro atoms. The number of urea groups is 1. The van der Waals surface area contributed by atoms with Gasteiger partial charge in [0.1, 0.15) is 36.9 Å². The molecule has 4 aromatic heterocycles. The summed E-state index contributed by atoms with van der Waals surface area (Å²) in [5, 5.41) is 22.8. The first-order valence-electron chi connectivity index (χ1n) is 25.1. The fraction of sp³-hybridized carbons (Fsp3) is 0.393. The van der Waals surface area contributed by atoms with Gasteiger partial charge in [-0.15, -0.1) is 0 Å². The molecule has 0 bridgehead atoms. The monoisotopic (exact) mass is 990 g/mol. The first-order valence-corrected chi connectivity index (χ1v) is 26.1. The minimum atomic E-state index is -0.417. The summed E-state index contributed by atoms with van der Waals surface area (Å²) in [5.74, 6) is 0.273. The van der Waals surface area contributed by atoms with E-state index in [1.54, 1.807) is 12.1 Å². The smallest absolute Gasteiger partial charge is 0.315 e. The SMILES string of the molecule is C[n+]1cc(NC(=O)c2ccc3ccc4c(NCCCC(C)(C)OCC(C)(C)CCNC(=O)CCCC[C@@H]5SC[C@@H]6NC(=O)N[C@@H]65)cc(C(=O)Nc5cc6ccccc6[n+](C)c5)nc4c3n2)cc2ccccc21. The van der Waals surface area contributed by atoms with Crippen molar-refractivity contribution in [2.75, 3.05) is 41.4 Å². The molecular formula is C56H66N10O5S+2. The third-order valence-electron chi connectivity index (χ3n) is 13.9. The van der Waals surface area contributed by atoms with Gasteiger partial charge in [0.25, 0.3) is 11.8 Å². The molecule has 2 saturated heterocycles. The van der Waals surface area contributed by atoms with Crippen LogP contribution in [0.5, 0.6) is 0 Å². The number of aromatic nitrogens is 4. The number of rotatable bonds is 20. The quantitative estimate of drug-likeness (QED) is 0.0189. The molecule has 2 aliphatic rings. The van der Waals surface area contributed by atoms with Crippen LogP contribution in [0.1, 0.15) is 93.6 Å². The zero-order valence-corrected chi connectivity index (χ0v) is 42.9. The summed E-state index contributed by atoms with van der Waals surface area (Å²) in [5.41, 5.74) is 4.92. The maximum absolute atomic E-state index is 14.2. The number of para-hydroxylation sites is 2. The highest BCUT2D eigenvalue weighted by Crippen LogP contribution is 2.34. The van der Waals surface area contributed by atoms with Gasteiger partial charge in [0.05, 0.1) is 35.3 Å². The molecule has 9 rings (SSSR count). The topological polar surface area (TPSA) is 183 Å². The lowest BCUT2D eigenvalue weighted by molar-refractivity contribution is -0.644. The zero-order chi connectivity index (χ0) is 50.6. The van der Waals surface area contributed by atoms with Crippen LogP contribution in [-0.4, -0.2) is 82.1 Å². The third-order valence-corrected chi connectivity index (χ3v) is 15.4. The lowest BCUT2D eigenvalue weighted by Gasteiger charge is -2.32. The molecule has 5 amide bonds. The van der Waals surface area contributed by atoms with Crippen molar-refractivity contribution in [3.63, 3.8) is 0 Å². The minimum Gasteiger partial charge on any atom is -0.384 e. The largest absolute Gasteiger partial charge is 0.384 e. The Morgan fingerprint density at radius 2 is 1.39 bits per heavy atom. The second-order valence-electron chi connectivity index (χ2n) is 20.7. The highest BCUT2D eigenvalue weighted by molar-refractivity contribution is 8.00. The molecule has 0 radical (unpaired) electrons. The predicted molar refractivity (Wildman–Crippen MR) is 286 cm³/mol. The van der Waals surface area contributed by atoms with Gasteiger partial charge in [0, 0.05) is 69.9 Å². The van der Waals surface area contributed by atoms with Crippen LogP contribution in [0, 0.1) is 5.41 Å². The zero-order valence-electron chi connectivity index (χ0n) is 42.1. The standard InChI is InChI=1S/C56H64N10O5S/c1-55(2,25-27-58-48(67)19-12-11-18-47-51-44(33-72-47)63-54(70)64-51)34-71-56(3,4)24-13-26-57-42-30-43(53(69)60-39-29-37-15-8-10-17-46(37)66(6)32-39)62-50-40(42)22-20-35-21-23-41(61-49(35)50)52(68)59-38-28-36-14-7-9-16-45(36)65(5)31-38/h7-10,14-17,20-23,28-32,44,47,51H,11-13,18-19,24-27,33-34H2,1-6H3,(H4-2,57,58,59,60,62,63,64,67,68,69,70)/p+2/t44-,47-,51-/m0/s1. The molecule has 7 aromatic rings. The van der Waals surface area contributed by atoms with Gasteiger partial charge in [-0.3, -0.25) is 14.4 Å². The number of fused-ring (bicyclic) bond motifs is 6.